The van der Waals surface area contributed by atoms with Crippen LogP contribution >= 0.6 is 34.9 Å². The van der Waals surface area contributed by atoms with E-state index >= 15 is 0 Å². The largest absolute Gasteiger partial charge is 0.477 e. The van der Waals surface area contributed by atoms with Crippen molar-refractivity contribution >= 4 is 58.6 Å². The first kappa shape index (κ1) is 23.3. The minimum atomic E-state index is -1.21. The topological polar surface area (TPSA) is 143 Å². The Labute approximate surface area is 201 Å². The van der Waals surface area contributed by atoms with Crippen LogP contribution in [0.5, 0.6) is 0 Å². The lowest BCUT2D eigenvalue weighted by Gasteiger charge is -2.49. The van der Waals surface area contributed by atoms with E-state index < -0.39 is 29.2 Å². The second kappa shape index (κ2) is 9.57. The summed E-state index contributed by atoms with van der Waals surface area (Å²) in [6, 6.07) is 8.41. The van der Waals surface area contributed by atoms with Crippen LogP contribution in [0.3, 0.4) is 0 Å². The number of aromatic nitrogens is 1. The molecule has 3 heterocycles. The number of nitrogens with two attached hydrogens (primary N) is 1. The van der Waals surface area contributed by atoms with Crippen molar-refractivity contribution < 1.29 is 24.3 Å². The summed E-state index contributed by atoms with van der Waals surface area (Å²) in [4.78, 5) is 55.3. The number of nitrogens with one attached hydrogen (secondary N) is 1. The minimum Gasteiger partial charge on any atom is -0.477 e. The van der Waals surface area contributed by atoms with E-state index in [0.29, 0.717) is 20.7 Å². The lowest BCUT2D eigenvalue weighted by molar-refractivity contribution is -0.150. The van der Waals surface area contributed by atoms with Gasteiger partial charge in [0.1, 0.15) is 17.1 Å². The molecule has 1 aromatic heterocycles. The van der Waals surface area contributed by atoms with Gasteiger partial charge in [-0.05, 0) is 12.5 Å². The number of aryl methyl sites for hydroxylation is 1. The number of benzene rings is 1. The molecule has 0 spiro atoms. The highest BCUT2D eigenvalue weighted by Crippen LogP contribution is 2.46. The van der Waals surface area contributed by atoms with Gasteiger partial charge in [0.05, 0.1) is 18.5 Å². The predicted molar refractivity (Wildman–Crippen MR) is 125 cm³/mol. The number of nitrogens with zero attached hydrogens (tertiary/aromatic N) is 2. The summed E-state index contributed by atoms with van der Waals surface area (Å²) in [6.45, 7) is 1.76. The number of carbonyl (C=O) groups excluding carboxylic acids is 3. The molecule has 0 aliphatic carbocycles. The number of amides is 3. The maximum Gasteiger partial charge on any atom is 0.353 e. The summed E-state index contributed by atoms with van der Waals surface area (Å²) in [5, 5.41) is 12.1. The van der Waals surface area contributed by atoms with Gasteiger partial charge in [0.25, 0.3) is 5.91 Å². The number of thiazole rings is 1. The number of hydrogen-bond acceptors (Lipinski definition) is 8. The highest BCUT2D eigenvalue weighted by Gasteiger charge is 2.54. The molecule has 1 aromatic carbocycles. The molecule has 1 fully saturated rings. The van der Waals surface area contributed by atoms with E-state index in [2.05, 4.69) is 10.3 Å². The third-order valence-electron chi connectivity index (χ3n) is 5.08. The fourth-order valence-corrected chi connectivity index (χ4v) is 7.43. The average molecular weight is 505 g/mol. The van der Waals surface area contributed by atoms with Gasteiger partial charge in [-0.1, -0.05) is 42.1 Å². The number of hydrogen-bond donors (Lipinski definition) is 3. The van der Waals surface area contributed by atoms with Gasteiger partial charge in [-0.15, -0.1) is 23.1 Å². The van der Waals surface area contributed by atoms with Crippen LogP contribution in [-0.4, -0.2) is 55.8 Å². The molecule has 33 heavy (non-hydrogen) atoms. The SMILES string of the molecule is Cc1nc(SC2=C(C(=O)O)N3C(=O)[C@@H](NC(=O)Cc4ccccc4)[C@H]3SC2)sc1CC(N)=O. The predicted octanol–water partition coefficient (Wildman–Crippen LogP) is 1.51. The molecule has 172 valence electrons. The van der Waals surface area contributed by atoms with Crippen LogP contribution in [0.25, 0.3) is 0 Å². The van der Waals surface area contributed by atoms with Crippen LogP contribution < -0.4 is 11.1 Å². The van der Waals surface area contributed by atoms with E-state index in [4.69, 9.17) is 5.73 Å². The molecule has 2 aromatic rings. The first-order valence-corrected chi connectivity index (χ1v) is 12.6. The molecule has 0 bridgehead atoms. The molecule has 2 aliphatic heterocycles. The maximum absolute atomic E-state index is 12.8. The van der Waals surface area contributed by atoms with E-state index in [0.717, 1.165) is 10.4 Å². The summed E-state index contributed by atoms with van der Waals surface area (Å²) < 4.78 is 0.581. The zero-order valence-electron chi connectivity index (χ0n) is 17.4. The Balaban J connectivity index is 1.48. The highest BCUT2D eigenvalue weighted by atomic mass is 32.2. The van der Waals surface area contributed by atoms with Crippen LogP contribution in [0.4, 0.5) is 0 Å². The molecule has 0 saturated carbocycles. The Morgan fingerprint density at radius 3 is 2.67 bits per heavy atom. The lowest BCUT2D eigenvalue weighted by Crippen LogP contribution is -2.70. The number of rotatable bonds is 8. The second-order valence-electron chi connectivity index (χ2n) is 7.43. The molecule has 2 aliphatic rings. The van der Waals surface area contributed by atoms with Crippen molar-refractivity contribution in [1.29, 1.82) is 0 Å². The fourth-order valence-electron chi connectivity index (χ4n) is 3.55. The zero-order valence-corrected chi connectivity index (χ0v) is 19.9. The molecule has 9 nitrogen and oxygen atoms in total. The number of β-lactam (4-membered cyclic amide) rings is 1. The number of primary amides is 1. The zero-order chi connectivity index (χ0) is 23.7. The standard InChI is InChI=1S/C21H20N4O5S3/c1-10-12(8-14(22)26)32-21(23-10)33-13-9-31-19-16(18(28)25(19)17(13)20(29)30)24-15(27)7-11-5-3-2-4-6-11/h2-6,16,19H,7-9H2,1H3,(H2,22,26)(H,24,27)(H,29,30)/t16-,19-/m1/s1. The minimum absolute atomic E-state index is 0.0701. The van der Waals surface area contributed by atoms with Crippen molar-refractivity contribution in [2.24, 2.45) is 5.73 Å². The van der Waals surface area contributed by atoms with Gasteiger partial charge in [0.15, 0.2) is 4.34 Å². The van der Waals surface area contributed by atoms with Gasteiger partial charge >= 0.3 is 5.97 Å². The van der Waals surface area contributed by atoms with Crippen LogP contribution in [0.15, 0.2) is 45.3 Å². The van der Waals surface area contributed by atoms with Crippen molar-refractivity contribution in [2.75, 3.05) is 5.75 Å². The number of aliphatic carboxylic acids is 1. The van der Waals surface area contributed by atoms with E-state index in [-0.39, 0.29) is 24.4 Å². The molecule has 4 rings (SSSR count). The summed E-state index contributed by atoms with van der Waals surface area (Å²) in [5.74, 6) is -2.06. The van der Waals surface area contributed by atoms with E-state index in [1.165, 1.54) is 39.8 Å². The van der Waals surface area contributed by atoms with E-state index in [9.17, 15) is 24.3 Å². The molecule has 3 amide bonds. The first-order chi connectivity index (χ1) is 15.7. The molecular weight excluding hydrogens is 484 g/mol. The molecule has 2 atom stereocenters. The number of carboxylic acid groups (broad SMARTS) is 1. The van der Waals surface area contributed by atoms with E-state index in [1.54, 1.807) is 6.92 Å². The fraction of sp³-hybridized carbons (Fsp3) is 0.286. The van der Waals surface area contributed by atoms with Gasteiger partial charge in [-0.3, -0.25) is 19.3 Å². The first-order valence-electron chi connectivity index (χ1n) is 9.91. The van der Waals surface area contributed by atoms with Gasteiger partial charge in [-0.25, -0.2) is 9.78 Å². The van der Waals surface area contributed by atoms with Gasteiger partial charge in [0.2, 0.25) is 11.8 Å². The normalized spacial score (nSPS) is 19.7. The molecule has 0 radical (unpaired) electrons. The lowest BCUT2D eigenvalue weighted by atomic mass is 10.0. The van der Waals surface area contributed by atoms with Crippen molar-refractivity contribution in [1.82, 2.24) is 15.2 Å². The molecular formula is C21H20N4O5S3. The van der Waals surface area contributed by atoms with Crippen LogP contribution in [0, 0.1) is 6.92 Å². The Morgan fingerprint density at radius 1 is 1.27 bits per heavy atom. The van der Waals surface area contributed by atoms with Crippen LogP contribution in [-0.2, 0) is 32.0 Å². The van der Waals surface area contributed by atoms with Gasteiger partial charge in [0, 0.05) is 15.5 Å². The van der Waals surface area contributed by atoms with E-state index in [1.807, 2.05) is 30.3 Å². The Kier molecular flexibility index (Phi) is 6.77. The molecule has 4 N–H and O–H groups in total. The third kappa shape index (κ3) is 4.92. The molecule has 12 heteroatoms. The number of carbonyl (C=O) groups is 4. The average Bonchev–Trinajstić information content (AvgIpc) is 3.10. The van der Waals surface area contributed by atoms with Crippen molar-refractivity contribution in [3.63, 3.8) is 0 Å². The van der Waals surface area contributed by atoms with Gasteiger partial charge < -0.3 is 16.2 Å². The summed E-state index contributed by atoms with van der Waals surface area (Å²) in [6.07, 6.45) is 0.211. The summed E-state index contributed by atoms with van der Waals surface area (Å²) >= 11 is 3.85. The van der Waals surface area contributed by atoms with Crippen molar-refractivity contribution in [2.45, 2.75) is 35.5 Å². The summed E-state index contributed by atoms with van der Waals surface area (Å²) in [7, 11) is 0. The Morgan fingerprint density at radius 2 is 2.00 bits per heavy atom. The Hall–Kier alpha value is -2.83. The number of fused-ring (bicyclic) bond motifs is 1. The summed E-state index contributed by atoms with van der Waals surface area (Å²) in [5.41, 5.74) is 6.67. The number of thioether (sulfide) groups is 2. The van der Waals surface area contributed by atoms with Crippen LogP contribution in [0.1, 0.15) is 16.1 Å². The monoisotopic (exact) mass is 504 g/mol. The van der Waals surface area contributed by atoms with Crippen molar-refractivity contribution in [3.05, 3.63) is 57.1 Å². The highest BCUT2D eigenvalue weighted by molar-refractivity contribution is 8.07. The van der Waals surface area contributed by atoms with Crippen LogP contribution in [0.2, 0.25) is 0 Å². The smallest absolute Gasteiger partial charge is 0.353 e. The maximum atomic E-state index is 12.8. The third-order valence-corrected chi connectivity index (χ3v) is 8.84. The molecule has 0 unspecified atom stereocenters. The van der Waals surface area contributed by atoms with Gasteiger partial charge in [-0.2, -0.15) is 0 Å². The molecule has 1 saturated heterocycles. The number of carboxylic acids is 1. The van der Waals surface area contributed by atoms with Crippen molar-refractivity contribution in [3.8, 4) is 0 Å². The Bertz CT molecular complexity index is 1160. The quantitative estimate of drug-likeness (QED) is 0.459. The second-order valence-corrected chi connectivity index (χ2v) is 11.0.